The lowest BCUT2D eigenvalue weighted by Gasteiger charge is -2.11. The Hall–Kier alpha value is -0.790. The number of halogens is 1. The van der Waals surface area contributed by atoms with E-state index in [9.17, 15) is 0 Å². The van der Waals surface area contributed by atoms with Gasteiger partial charge < -0.3 is 0 Å². The summed E-state index contributed by atoms with van der Waals surface area (Å²) >= 11 is 8.34. The first-order chi connectivity index (χ1) is 8.25. The van der Waals surface area contributed by atoms with Crippen molar-refractivity contribution in [3.05, 3.63) is 56.8 Å². The summed E-state index contributed by atoms with van der Waals surface area (Å²) in [5.74, 6) is 0. The topological polar surface area (TPSA) is 0 Å². The van der Waals surface area contributed by atoms with Gasteiger partial charge in [0.15, 0.2) is 0 Å². The lowest BCUT2D eigenvalue weighted by molar-refractivity contribution is 0.911. The van der Waals surface area contributed by atoms with E-state index >= 15 is 0 Å². The molecule has 0 amide bonds. The van der Waals surface area contributed by atoms with E-state index in [-0.39, 0.29) is 5.38 Å². The van der Waals surface area contributed by atoms with Crippen molar-refractivity contribution in [3.8, 4) is 0 Å². The highest BCUT2D eigenvalue weighted by atomic mass is 35.5. The Morgan fingerprint density at radius 2 is 2.00 bits per heavy atom. The summed E-state index contributed by atoms with van der Waals surface area (Å²) in [6.07, 6.45) is 3.75. The van der Waals surface area contributed by atoms with Gasteiger partial charge in [-0.25, -0.2) is 0 Å². The monoisotopic (exact) mass is 262 g/mol. The summed E-state index contributed by atoms with van der Waals surface area (Å²) < 4.78 is 0. The maximum absolute atomic E-state index is 6.59. The van der Waals surface area contributed by atoms with Crippen LogP contribution in [0, 0.1) is 6.92 Å². The van der Waals surface area contributed by atoms with Crippen molar-refractivity contribution in [2.24, 2.45) is 0 Å². The van der Waals surface area contributed by atoms with Crippen molar-refractivity contribution in [1.29, 1.82) is 0 Å². The average molecular weight is 263 g/mol. The predicted octanol–water partition coefficient (Wildman–Crippen LogP) is 4.87. The van der Waals surface area contributed by atoms with E-state index in [1.54, 1.807) is 11.3 Å². The molecule has 0 N–H and O–H groups in total. The smallest absolute Gasteiger partial charge is 0.0930 e. The molecule has 0 nitrogen and oxygen atoms in total. The summed E-state index contributed by atoms with van der Waals surface area (Å²) in [5, 5.41) is 2.13. The van der Waals surface area contributed by atoms with Crippen LogP contribution in [0.15, 0.2) is 29.6 Å². The first-order valence-corrected chi connectivity index (χ1v) is 7.37. The fourth-order valence-corrected chi connectivity index (χ4v) is 3.94. The third-order valence-electron chi connectivity index (χ3n) is 3.55. The van der Waals surface area contributed by atoms with Crippen molar-refractivity contribution in [1.82, 2.24) is 0 Å². The summed E-state index contributed by atoms with van der Waals surface area (Å²) in [5.41, 5.74) is 5.57. The number of aryl methyl sites for hydroxylation is 3. The quantitative estimate of drug-likeness (QED) is 0.677. The molecule has 1 aliphatic rings. The minimum atomic E-state index is 0.0147. The molecule has 0 saturated carbocycles. The fraction of sp³-hybridized carbons (Fsp3) is 0.333. The molecule has 3 rings (SSSR count). The van der Waals surface area contributed by atoms with Gasteiger partial charge in [-0.05, 0) is 59.9 Å². The average Bonchev–Trinajstić information content (AvgIpc) is 2.95. The fourth-order valence-electron chi connectivity index (χ4n) is 2.54. The molecule has 0 bridgehead atoms. The third kappa shape index (κ3) is 2.02. The number of thiophene rings is 1. The molecule has 17 heavy (non-hydrogen) atoms. The van der Waals surface area contributed by atoms with Crippen LogP contribution in [-0.2, 0) is 12.8 Å². The number of rotatable bonds is 2. The number of hydrogen-bond acceptors (Lipinski definition) is 1. The molecule has 1 atom stereocenters. The van der Waals surface area contributed by atoms with E-state index in [1.165, 1.54) is 46.4 Å². The second-order valence-electron chi connectivity index (χ2n) is 4.71. The van der Waals surface area contributed by atoms with Crippen LogP contribution in [0.1, 0.15) is 38.9 Å². The van der Waals surface area contributed by atoms with Gasteiger partial charge in [0.2, 0.25) is 0 Å². The molecule has 1 aromatic carbocycles. The molecule has 2 aromatic rings. The molecule has 0 spiro atoms. The van der Waals surface area contributed by atoms with E-state index in [1.807, 2.05) is 0 Å². The number of alkyl halides is 1. The van der Waals surface area contributed by atoms with E-state index in [2.05, 4.69) is 36.6 Å². The molecule has 1 heterocycles. The molecule has 0 aliphatic heterocycles. The van der Waals surface area contributed by atoms with Crippen molar-refractivity contribution in [2.75, 3.05) is 0 Å². The molecule has 0 radical (unpaired) electrons. The Kier molecular flexibility index (Phi) is 2.97. The van der Waals surface area contributed by atoms with Gasteiger partial charge in [0.1, 0.15) is 0 Å². The van der Waals surface area contributed by atoms with Crippen LogP contribution in [0.2, 0.25) is 0 Å². The van der Waals surface area contributed by atoms with E-state index in [0.717, 1.165) is 0 Å². The molecule has 1 unspecified atom stereocenters. The Morgan fingerprint density at radius 1 is 1.18 bits per heavy atom. The van der Waals surface area contributed by atoms with Crippen LogP contribution in [0.3, 0.4) is 0 Å². The van der Waals surface area contributed by atoms with Gasteiger partial charge in [-0.1, -0.05) is 18.2 Å². The van der Waals surface area contributed by atoms with Gasteiger partial charge in [0, 0.05) is 4.88 Å². The Morgan fingerprint density at radius 3 is 2.76 bits per heavy atom. The lowest BCUT2D eigenvalue weighted by atomic mass is 10.0. The molecule has 1 aliphatic carbocycles. The van der Waals surface area contributed by atoms with E-state index < -0.39 is 0 Å². The minimum Gasteiger partial charge on any atom is -0.147 e. The Labute approximate surface area is 111 Å². The molecular weight excluding hydrogens is 248 g/mol. The largest absolute Gasteiger partial charge is 0.147 e. The van der Waals surface area contributed by atoms with Crippen molar-refractivity contribution in [3.63, 3.8) is 0 Å². The third-order valence-corrected chi connectivity index (χ3v) is 5.23. The van der Waals surface area contributed by atoms with Crippen molar-refractivity contribution < 1.29 is 0 Å². The second-order valence-corrected chi connectivity index (χ2v) is 6.10. The maximum Gasteiger partial charge on any atom is 0.0930 e. The SMILES string of the molecule is Cc1ccsc1C(Cl)c1ccc2c(c1)CCC2. The molecule has 88 valence electrons. The first kappa shape index (κ1) is 11.3. The first-order valence-electron chi connectivity index (χ1n) is 6.05. The zero-order valence-electron chi connectivity index (χ0n) is 9.87. The van der Waals surface area contributed by atoms with E-state index in [4.69, 9.17) is 11.6 Å². The molecular formula is C15H15ClS. The van der Waals surface area contributed by atoms with Crippen LogP contribution in [0.25, 0.3) is 0 Å². The van der Waals surface area contributed by atoms with Gasteiger partial charge in [-0.2, -0.15) is 0 Å². The van der Waals surface area contributed by atoms with Gasteiger partial charge in [0.25, 0.3) is 0 Å². The molecule has 2 heteroatoms. The number of hydrogen-bond donors (Lipinski definition) is 0. The predicted molar refractivity (Wildman–Crippen MR) is 75.2 cm³/mol. The highest BCUT2D eigenvalue weighted by Crippen LogP contribution is 2.36. The molecule has 1 aromatic heterocycles. The number of benzene rings is 1. The summed E-state index contributed by atoms with van der Waals surface area (Å²) in [7, 11) is 0. The highest BCUT2D eigenvalue weighted by molar-refractivity contribution is 7.10. The van der Waals surface area contributed by atoms with Gasteiger partial charge in [-0.3, -0.25) is 0 Å². The molecule has 0 fully saturated rings. The highest BCUT2D eigenvalue weighted by Gasteiger charge is 2.17. The number of fused-ring (bicyclic) bond motifs is 1. The summed E-state index contributed by atoms with van der Waals surface area (Å²) in [4.78, 5) is 1.28. The lowest BCUT2D eigenvalue weighted by Crippen LogP contribution is -1.94. The Bertz CT molecular complexity index is 542. The van der Waals surface area contributed by atoms with Crippen molar-refractivity contribution >= 4 is 22.9 Å². The van der Waals surface area contributed by atoms with Crippen LogP contribution >= 0.6 is 22.9 Å². The summed E-state index contributed by atoms with van der Waals surface area (Å²) in [6, 6.07) is 8.90. The van der Waals surface area contributed by atoms with Gasteiger partial charge in [-0.15, -0.1) is 22.9 Å². The minimum absolute atomic E-state index is 0.0147. The van der Waals surface area contributed by atoms with Crippen LogP contribution < -0.4 is 0 Å². The molecule has 0 saturated heterocycles. The maximum atomic E-state index is 6.59. The zero-order chi connectivity index (χ0) is 11.8. The standard InChI is InChI=1S/C15H15ClS/c1-10-7-8-17-15(10)14(16)13-6-5-11-3-2-4-12(11)9-13/h5-9,14H,2-4H2,1H3. The Balaban J connectivity index is 1.97. The van der Waals surface area contributed by atoms with Gasteiger partial charge in [0.05, 0.1) is 5.38 Å². The normalized spacial score (nSPS) is 15.9. The second kappa shape index (κ2) is 4.47. The van der Waals surface area contributed by atoms with Crippen molar-refractivity contribution in [2.45, 2.75) is 31.6 Å². The van der Waals surface area contributed by atoms with Gasteiger partial charge >= 0.3 is 0 Å². The van der Waals surface area contributed by atoms with Crippen LogP contribution in [0.5, 0.6) is 0 Å². The zero-order valence-corrected chi connectivity index (χ0v) is 11.4. The van der Waals surface area contributed by atoms with Crippen LogP contribution in [-0.4, -0.2) is 0 Å². The van der Waals surface area contributed by atoms with E-state index in [0.29, 0.717) is 0 Å². The van der Waals surface area contributed by atoms with Crippen LogP contribution in [0.4, 0.5) is 0 Å². The summed E-state index contributed by atoms with van der Waals surface area (Å²) in [6.45, 7) is 2.13.